The fourth-order valence-electron chi connectivity index (χ4n) is 2.75. The molecular formula is C16H26N2O. The molecule has 0 aromatic heterocycles. The molecule has 3 nitrogen and oxygen atoms in total. The minimum absolute atomic E-state index is 0.411. The number of nitrogens with two attached hydrogens (primary N) is 1. The predicted molar refractivity (Wildman–Crippen MR) is 80.2 cm³/mol. The van der Waals surface area contributed by atoms with Gasteiger partial charge in [-0.25, -0.2) is 0 Å². The molecule has 0 fully saturated rings. The molecule has 19 heavy (non-hydrogen) atoms. The molecule has 2 rings (SSSR count). The third kappa shape index (κ3) is 3.48. The molecule has 0 saturated heterocycles. The first-order valence-corrected chi connectivity index (χ1v) is 7.34. The van der Waals surface area contributed by atoms with Gasteiger partial charge in [0.05, 0.1) is 6.61 Å². The number of nitrogens with one attached hydrogen (secondary N) is 1. The van der Waals surface area contributed by atoms with Crippen molar-refractivity contribution >= 4 is 5.69 Å². The second-order valence-electron chi connectivity index (χ2n) is 5.73. The summed E-state index contributed by atoms with van der Waals surface area (Å²) in [6.45, 7) is 8.10. The molecule has 1 aromatic carbocycles. The van der Waals surface area contributed by atoms with Crippen LogP contribution in [0.1, 0.15) is 44.4 Å². The third-order valence-corrected chi connectivity index (χ3v) is 3.97. The summed E-state index contributed by atoms with van der Waals surface area (Å²) in [6.07, 6.45) is 2.28. The second-order valence-corrected chi connectivity index (χ2v) is 5.73. The Balaban J connectivity index is 2.04. The highest BCUT2D eigenvalue weighted by atomic mass is 16.5. The summed E-state index contributed by atoms with van der Waals surface area (Å²) in [5.74, 6) is 0.574. The van der Waals surface area contributed by atoms with E-state index in [0.29, 0.717) is 18.0 Å². The van der Waals surface area contributed by atoms with E-state index in [1.165, 1.54) is 11.1 Å². The molecule has 0 spiro atoms. The molecule has 0 saturated carbocycles. The van der Waals surface area contributed by atoms with Crippen LogP contribution in [0.15, 0.2) is 18.2 Å². The predicted octanol–water partition coefficient (Wildman–Crippen LogP) is 2.91. The average molecular weight is 262 g/mol. The van der Waals surface area contributed by atoms with E-state index in [1.54, 1.807) is 0 Å². The number of ether oxygens (including phenoxy) is 1. The van der Waals surface area contributed by atoms with E-state index < -0.39 is 0 Å². The van der Waals surface area contributed by atoms with Gasteiger partial charge < -0.3 is 15.8 Å². The minimum atomic E-state index is 0.411. The Kier molecular flexibility index (Phi) is 4.83. The smallest absolute Gasteiger partial charge is 0.0622 e. The molecule has 3 N–H and O–H groups in total. The Morgan fingerprint density at radius 3 is 2.89 bits per heavy atom. The molecule has 106 valence electrons. The zero-order valence-electron chi connectivity index (χ0n) is 12.3. The van der Waals surface area contributed by atoms with Gasteiger partial charge in [0.2, 0.25) is 0 Å². The van der Waals surface area contributed by atoms with Crippen LogP contribution >= 0.6 is 0 Å². The largest absolute Gasteiger partial charge is 0.399 e. The van der Waals surface area contributed by atoms with Crippen LogP contribution < -0.4 is 11.1 Å². The standard InChI is InChI=1S/C16H26N2O/c1-4-19-10-16(11(2)3)18-15-8-5-12-9-13(17)6-7-14(12)15/h6-7,9,11,15-16,18H,4-5,8,10,17H2,1-3H3. The average Bonchev–Trinajstić information content (AvgIpc) is 2.76. The highest BCUT2D eigenvalue weighted by Crippen LogP contribution is 2.33. The van der Waals surface area contributed by atoms with Crippen molar-refractivity contribution in [3.63, 3.8) is 0 Å². The summed E-state index contributed by atoms with van der Waals surface area (Å²) in [6, 6.07) is 7.15. The third-order valence-electron chi connectivity index (χ3n) is 3.97. The summed E-state index contributed by atoms with van der Waals surface area (Å²) >= 11 is 0. The topological polar surface area (TPSA) is 47.3 Å². The Morgan fingerprint density at radius 2 is 2.21 bits per heavy atom. The first-order chi connectivity index (χ1) is 9.11. The number of nitrogen functional groups attached to an aromatic ring is 1. The van der Waals surface area contributed by atoms with Gasteiger partial charge in [0, 0.05) is 24.4 Å². The van der Waals surface area contributed by atoms with E-state index in [1.807, 2.05) is 13.0 Å². The van der Waals surface area contributed by atoms with Crippen LogP contribution in [-0.4, -0.2) is 19.3 Å². The lowest BCUT2D eigenvalue weighted by atomic mass is 10.0. The molecular weight excluding hydrogens is 236 g/mol. The summed E-state index contributed by atoms with van der Waals surface area (Å²) in [7, 11) is 0. The van der Waals surface area contributed by atoms with Crippen molar-refractivity contribution in [3.05, 3.63) is 29.3 Å². The molecule has 1 aromatic rings. The zero-order valence-corrected chi connectivity index (χ0v) is 12.3. The van der Waals surface area contributed by atoms with E-state index in [2.05, 4.69) is 31.3 Å². The van der Waals surface area contributed by atoms with Crippen molar-refractivity contribution in [2.24, 2.45) is 5.92 Å². The van der Waals surface area contributed by atoms with Gasteiger partial charge in [-0.15, -0.1) is 0 Å². The Hall–Kier alpha value is -1.06. The van der Waals surface area contributed by atoms with Crippen molar-refractivity contribution in [1.29, 1.82) is 0 Å². The van der Waals surface area contributed by atoms with Crippen LogP contribution in [0.4, 0.5) is 5.69 Å². The lowest BCUT2D eigenvalue weighted by Gasteiger charge is -2.26. The number of aryl methyl sites for hydroxylation is 1. The Bertz CT molecular complexity index is 417. The molecule has 1 aliphatic carbocycles. The lowest BCUT2D eigenvalue weighted by Crippen LogP contribution is -2.39. The van der Waals surface area contributed by atoms with Gasteiger partial charge in [-0.1, -0.05) is 19.9 Å². The Labute approximate surface area is 116 Å². The van der Waals surface area contributed by atoms with Gasteiger partial charge in [0.1, 0.15) is 0 Å². The van der Waals surface area contributed by atoms with Crippen LogP contribution in [-0.2, 0) is 11.2 Å². The molecule has 1 aliphatic rings. The molecule has 0 amide bonds. The number of rotatable bonds is 6. The van der Waals surface area contributed by atoms with Crippen LogP contribution in [0, 0.1) is 5.92 Å². The van der Waals surface area contributed by atoms with Gasteiger partial charge >= 0.3 is 0 Å². The van der Waals surface area contributed by atoms with E-state index >= 15 is 0 Å². The quantitative estimate of drug-likeness (QED) is 0.775. The molecule has 0 heterocycles. The van der Waals surface area contributed by atoms with Gasteiger partial charge in [0.15, 0.2) is 0 Å². The maximum atomic E-state index is 5.85. The highest BCUT2D eigenvalue weighted by Gasteiger charge is 2.25. The molecule has 0 radical (unpaired) electrons. The van der Waals surface area contributed by atoms with Crippen molar-refractivity contribution in [2.45, 2.75) is 45.7 Å². The van der Waals surface area contributed by atoms with Crippen molar-refractivity contribution in [3.8, 4) is 0 Å². The highest BCUT2D eigenvalue weighted by molar-refractivity contribution is 5.47. The fraction of sp³-hybridized carbons (Fsp3) is 0.625. The maximum Gasteiger partial charge on any atom is 0.0622 e. The molecule has 0 aliphatic heterocycles. The van der Waals surface area contributed by atoms with Crippen LogP contribution in [0.25, 0.3) is 0 Å². The number of hydrogen-bond acceptors (Lipinski definition) is 3. The number of fused-ring (bicyclic) bond motifs is 1. The second kappa shape index (κ2) is 6.40. The minimum Gasteiger partial charge on any atom is -0.399 e. The van der Waals surface area contributed by atoms with E-state index in [0.717, 1.165) is 31.7 Å². The van der Waals surface area contributed by atoms with E-state index in [4.69, 9.17) is 10.5 Å². The number of hydrogen-bond donors (Lipinski definition) is 2. The molecule has 3 heteroatoms. The Morgan fingerprint density at radius 1 is 1.42 bits per heavy atom. The molecule has 2 atom stereocenters. The van der Waals surface area contributed by atoms with Gasteiger partial charge in [0.25, 0.3) is 0 Å². The molecule has 2 unspecified atom stereocenters. The zero-order chi connectivity index (χ0) is 13.8. The lowest BCUT2D eigenvalue weighted by molar-refractivity contribution is 0.103. The van der Waals surface area contributed by atoms with Gasteiger partial charge in [-0.05, 0) is 48.9 Å². The van der Waals surface area contributed by atoms with Crippen molar-refractivity contribution in [2.75, 3.05) is 18.9 Å². The first kappa shape index (κ1) is 14.4. The van der Waals surface area contributed by atoms with Crippen LogP contribution in [0.5, 0.6) is 0 Å². The summed E-state index contributed by atoms with van der Waals surface area (Å²) < 4.78 is 5.59. The fourth-order valence-corrected chi connectivity index (χ4v) is 2.75. The summed E-state index contributed by atoms with van der Waals surface area (Å²) in [5.41, 5.74) is 9.53. The van der Waals surface area contributed by atoms with Crippen molar-refractivity contribution in [1.82, 2.24) is 5.32 Å². The summed E-state index contributed by atoms with van der Waals surface area (Å²) in [4.78, 5) is 0. The van der Waals surface area contributed by atoms with Crippen LogP contribution in [0.3, 0.4) is 0 Å². The van der Waals surface area contributed by atoms with E-state index in [9.17, 15) is 0 Å². The number of anilines is 1. The SMILES string of the molecule is CCOCC(NC1CCc2cc(N)ccc21)C(C)C. The van der Waals surface area contributed by atoms with E-state index in [-0.39, 0.29) is 0 Å². The maximum absolute atomic E-state index is 5.85. The van der Waals surface area contributed by atoms with Gasteiger partial charge in [-0.2, -0.15) is 0 Å². The monoisotopic (exact) mass is 262 g/mol. The van der Waals surface area contributed by atoms with Crippen molar-refractivity contribution < 1.29 is 4.74 Å². The normalized spacial score (nSPS) is 19.7. The van der Waals surface area contributed by atoms with Gasteiger partial charge in [-0.3, -0.25) is 0 Å². The summed E-state index contributed by atoms with van der Waals surface area (Å²) in [5, 5.41) is 3.76. The molecule has 0 bridgehead atoms. The first-order valence-electron chi connectivity index (χ1n) is 7.34. The number of benzene rings is 1. The van der Waals surface area contributed by atoms with Crippen LogP contribution in [0.2, 0.25) is 0 Å².